The number of ketones is 1. The van der Waals surface area contributed by atoms with E-state index in [1.54, 1.807) is 0 Å². The first-order valence-electron chi connectivity index (χ1n) is 9.60. The molecule has 0 amide bonds. The average Bonchev–Trinajstić information content (AvgIpc) is 3.02. The molecule has 0 N–H and O–H groups in total. The first-order valence-corrected chi connectivity index (χ1v) is 9.60. The van der Waals surface area contributed by atoms with Crippen LogP contribution < -0.4 is 0 Å². The lowest BCUT2D eigenvalue weighted by atomic mass is 9.68. The van der Waals surface area contributed by atoms with E-state index in [0.29, 0.717) is 12.8 Å². The third-order valence-corrected chi connectivity index (χ3v) is 6.21. The molecule has 2 heterocycles. The number of fused-ring (bicyclic) bond motifs is 2. The number of ether oxygens (including phenoxy) is 1. The third kappa shape index (κ3) is 3.08. The van der Waals surface area contributed by atoms with Crippen LogP contribution in [-0.4, -0.2) is 35.8 Å². The van der Waals surface area contributed by atoms with E-state index in [0.717, 1.165) is 24.9 Å². The number of piperidine rings is 1. The Labute approximate surface area is 160 Å². The van der Waals surface area contributed by atoms with Gasteiger partial charge in [0.15, 0.2) is 5.78 Å². The van der Waals surface area contributed by atoms with Gasteiger partial charge in [0, 0.05) is 25.0 Å². The van der Waals surface area contributed by atoms with Gasteiger partial charge >= 0.3 is 5.97 Å². The number of carbonyl (C=O) groups excluding carboxylic acids is 2. The van der Waals surface area contributed by atoms with Gasteiger partial charge in [0.2, 0.25) is 0 Å². The lowest BCUT2D eigenvalue weighted by Crippen LogP contribution is -2.61. The molecule has 2 bridgehead atoms. The Morgan fingerprint density at radius 3 is 2.30 bits per heavy atom. The zero-order chi connectivity index (χ0) is 18.9. The van der Waals surface area contributed by atoms with Gasteiger partial charge in [-0.1, -0.05) is 60.7 Å². The number of Topliss-reactive ketones (excluding diaryl/α,β-unsaturated/α-hetero) is 1. The second-order valence-corrected chi connectivity index (χ2v) is 7.66. The second kappa shape index (κ2) is 7.28. The third-order valence-electron chi connectivity index (χ3n) is 6.21. The molecule has 2 aliphatic heterocycles. The molecule has 0 saturated carbocycles. The van der Waals surface area contributed by atoms with Crippen LogP contribution in [0.5, 0.6) is 0 Å². The normalized spacial score (nSPS) is 27.5. The number of esters is 1. The van der Waals surface area contributed by atoms with Crippen molar-refractivity contribution in [2.45, 2.75) is 44.3 Å². The molecule has 2 aromatic carbocycles. The molecule has 4 nitrogen and oxygen atoms in total. The lowest BCUT2D eigenvalue weighted by molar-refractivity contribution is -0.167. The predicted octanol–water partition coefficient (Wildman–Crippen LogP) is 3.39. The van der Waals surface area contributed by atoms with E-state index >= 15 is 0 Å². The van der Waals surface area contributed by atoms with Gasteiger partial charge in [-0.05, 0) is 30.4 Å². The molecule has 140 valence electrons. The molecular formula is C23H25NO3. The predicted molar refractivity (Wildman–Crippen MR) is 103 cm³/mol. The van der Waals surface area contributed by atoms with E-state index in [1.165, 1.54) is 12.7 Å². The van der Waals surface area contributed by atoms with Crippen molar-refractivity contribution in [3.8, 4) is 0 Å². The van der Waals surface area contributed by atoms with Crippen LogP contribution in [0.4, 0.5) is 0 Å². The van der Waals surface area contributed by atoms with E-state index in [9.17, 15) is 9.59 Å². The Bertz CT molecular complexity index is 820. The molecule has 4 rings (SSSR count). The van der Waals surface area contributed by atoms with E-state index in [4.69, 9.17) is 4.74 Å². The van der Waals surface area contributed by atoms with Gasteiger partial charge in [0.05, 0.1) is 7.11 Å². The van der Waals surface area contributed by atoms with Crippen LogP contribution in [0, 0.1) is 5.41 Å². The summed E-state index contributed by atoms with van der Waals surface area (Å²) in [6.07, 6.45) is 2.63. The highest BCUT2D eigenvalue weighted by atomic mass is 16.5. The summed E-state index contributed by atoms with van der Waals surface area (Å²) in [5.74, 6) is -0.352. The van der Waals surface area contributed by atoms with E-state index in [1.807, 2.05) is 48.5 Å². The highest BCUT2D eigenvalue weighted by molar-refractivity contribution is 6.06. The smallest absolute Gasteiger partial charge is 0.321 e. The largest absolute Gasteiger partial charge is 0.468 e. The summed E-state index contributed by atoms with van der Waals surface area (Å²) in [5.41, 5.74) is 1.10. The van der Waals surface area contributed by atoms with Crippen molar-refractivity contribution < 1.29 is 14.3 Å². The minimum atomic E-state index is -1.11. The molecule has 2 saturated heterocycles. The molecule has 2 aromatic rings. The van der Waals surface area contributed by atoms with Gasteiger partial charge in [0.1, 0.15) is 5.41 Å². The number of carbonyl (C=O) groups is 2. The monoisotopic (exact) mass is 363 g/mol. The summed E-state index contributed by atoms with van der Waals surface area (Å²) in [7, 11) is 1.39. The Morgan fingerprint density at radius 2 is 1.67 bits per heavy atom. The fourth-order valence-electron chi connectivity index (χ4n) is 4.94. The van der Waals surface area contributed by atoms with Crippen LogP contribution >= 0.6 is 0 Å². The Morgan fingerprint density at radius 1 is 1.04 bits per heavy atom. The summed E-state index contributed by atoms with van der Waals surface area (Å²) in [4.78, 5) is 28.6. The number of methoxy groups -OCH3 is 1. The molecule has 3 atom stereocenters. The van der Waals surface area contributed by atoms with Crippen molar-refractivity contribution in [2.24, 2.45) is 5.41 Å². The maximum Gasteiger partial charge on any atom is 0.321 e. The van der Waals surface area contributed by atoms with Crippen LogP contribution in [0.2, 0.25) is 0 Å². The first-order chi connectivity index (χ1) is 13.1. The fourth-order valence-corrected chi connectivity index (χ4v) is 4.94. The SMILES string of the molecule is COC(=O)[C@]1(Cc2ccccc2)C(=O)C[C@H]2CC[C@H]1N2Cc1ccccc1. The molecule has 0 unspecified atom stereocenters. The molecule has 0 aliphatic carbocycles. The van der Waals surface area contributed by atoms with Gasteiger partial charge in [-0.25, -0.2) is 0 Å². The van der Waals surface area contributed by atoms with Crippen LogP contribution in [0.15, 0.2) is 60.7 Å². The van der Waals surface area contributed by atoms with Crippen molar-refractivity contribution in [3.63, 3.8) is 0 Å². The van der Waals surface area contributed by atoms with Crippen molar-refractivity contribution in [3.05, 3.63) is 71.8 Å². The number of hydrogen-bond acceptors (Lipinski definition) is 4. The molecule has 0 spiro atoms. The fraction of sp³-hybridized carbons (Fsp3) is 0.391. The molecule has 2 aliphatic rings. The Hall–Kier alpha value is -2.46. The van der Waals surface area contributed by atoms with Crippen LogP contribution in [-0.2, 0) is 27.3 Å². The van der Waals surface area contributed by atoms with Gasteiger partial charge in [0.25, 0.3) is 0 Å². The highest BCUT2D eigenvalue weighted by Gasteiger charge is 2.61. The molecule has 0 radical (unpaired) electrons. The summed E-state index contributed by atoms with van der Waals surface area (Å²) >= 11 is 0. The summed E-state index contributed by atoms with van der Waals surface area (Å²) in [6.45, 7) is 0.761. The maximum atomic E-state index is 13.3. The first kappa shape index (κ1) is 17.9. The van der Waals surface area contributed by atoms with E-state index < -0.39 is 5.41 Å². The average molecular weight is 363 g/mol. The quantitative estimate of drug-likeness (QED) is 0.603. The highest BCUT2D eigenvalue weighted by Crippen LogP contribution is 2.48. The summed E-state index contributed by atoms with van der Waals surface area (Å²) < 4.78 is 5.20. The number of hydrogen-bond donors (Lipinski definition) is 0. The van der Waals surface area contributed by atoms with Gasteiger partial charge in [-0.15, -0.1) is 0 Å². The van der Waals surface area contributed by atoms with E-state index in [-0.39, 0.29) is 23.8 Å². The van der Waals surface area contributed by atoms with Crippen LogP contribution in [0.1, 0.15) is 30.4 Å². The number of rotatable bonds is 5. The molecule has 2 fully saturated rings. The van der Waals surface area contributed by atoms with Gasteiger partial charge < -0.3 is 4.74 Å². The summed E-state index contributed by atoms with van der Waals surface area (Å²) in [5, 5.41) is 0. The molecule has 27 heavy (non-hydrogen) atoms. The van der Waals surface area contributed by atoms with Gasteiger partial charge in [-0.3, -0.25) is 14.5 Å². The summed E-state index contributed by atoms with van der Waals surface area (Å²) in [6, 6.07) is 20.2. The topological polar surface area (TPSA) is 46.6 Å². The van der Waals surface area contributed by atoms with Gasteiger partial charge in [-0.2, -0.15) is 0 Å². The number of benzene rings is 2. The van der Waals surface area contributed by atoms with Crippen molar-refractivity contribution in [1.29, 1.82) is 0 Å². The molecule has 4 heteroatoms. The second-order valence-electron chi connectivity index (χ2n) is 7.66. The number of nitrogens with zero attached hydrogens (tertiary/aromatic N) is 1. The lowest BCUT2D eigenvalue weighted by Gasteiger charge is -2.45. The standard InChI is InChI=1S/C23H25NO3/c1-27-22(26)23(15-17-8-4-2-5-9-17)20-13-12-19(14-21(23)25)24(20)16-18-10-6-3-7-11-18/h2-11,19-20H,12-16H2,1H3/t19-,20-,23+/m1/s1. The molecular weight excluding hydrogens is 338 g/mol. The Balaban J connectivity index is 1.72. The zero-order valence-electron chi connectivity index (χ0n) is 15.6. The van der Waals surface area contributed by atoms with Crippen molar-refractivity contribution in [2.75, 3.05) is 7.11 Å². The van der Waals surface area contributed by atoms with Crippen LogP contribution in [0.25, 0.3) is 0 Å². The minimum Gasteiger partial charge on any atom is -0.468 e. The maximum absolute atomic E-state index is 13.3. The Kier molecular flexibility index (Phi) is 4.83. The minimum absolute atomic E-state index is 0.0371. The van der Waals surface area contributed by atoms with Crippen LogP contribution in [0.3, 0.4) is 0 Å². The zero-order valence-corrected chi connectivity index (χ0v) is 15.6. The molecule has 0 aromatic heterocycles. The van der Waals surface area contributed by atoms with Crippen molar-refractivity contribution >= 4 is 11.8 Å². The van der Waals surface area contributed by atoms with Crippen molar-refractivity contribution in [1.82, 2.24) is 4.90 Å². The van der Waals surface area contributed by atoms with E-state index in [2.05, 4.69) is 17.0 Å².